The smallest absolute Gasteiger partial charge is 0.0420 e. The minimum atomic E-state index is 0.860. The summed E-state index contributed by atoms with van der Waals surface area (Å²) in [6, 6.07) is 0. The molecular formula is C11H24. The molecule has 0 aliphatic carbocycles. The molecule has 0 aliphatic rings. The summed E-state index contributed by atoms with van der Waals surface area (Å²) in [7, 11) is 0. The SMILES string of the molecule is CCC(C)CCC(C)C(C)C. The quantitative estimate of drug-likeness (QED) is 0.562. The highest BCUT2D eigenvalue weighted by molar-refractivity contribution is 4.59. The van der Waals surface area contributed by atoms with Crippen LogP contribution in [-0.4, -0.2) is 0 Å². The fourth-order valence-electron chi connectivity index (χ4n) is 1.08. The van der Waals surface area contributed by atoms with Gasteiger partial charge in [0.15, 0.2) is 0 Å². The van der Waals surface area contributed by atoms with Gasteiger partial charge >= 0.3 is 0 Å². The second-order valence-electron chi connectivity index (χ2n) is 4.31. The standard InChI is InChI=1S/C11H24/c1-6-10(4)7-8-11(5)9(2)3/h9-11H,6-8H2,1-5H3. The predicted octanol–water partition coefficient (Wildman–Crippen LogP) is 4.10. The maximum absolute atomic E-state index is 2.37. The molecule has 0 bridgehead atoms. The third-order valence-electron chi connectivity index (χ3n) is 2.95. The summed E-state index contributed by atoms with van der Waals surface area (Å²) in [4.78, 5) is 0. The third-order valence-corrected chi connectivity index (χ3v) is 2.95. The van der Waals surface area contributed by atoms with Crippen molar-refractivity contribution in [3.8, 4) is 0 Å². The minimum Gasteiger partial charge on any atom is -0.0651 e. The third kappa shape index (κ3) is 5.29. The van der Waals surface area contributed by atoms with Gasteiger partial charge < -0.3 is 0 Å². The van der Waals surface area contributed by atoms with E-state index in [0.29, 0.717) is 0 Å². The van der Waals surface area contributed by atoms with Gasteiger partial charge in [-0.1, -0.05) is 53.9 Å². The molecule has 0 spiro atoms. The lowest BCUT2D eigenvalue weighted by atomic mass is 9.89. The van der Waals surface area contributed by atoms with E-state index < -0.39 is 0 Å². The Kier molecular flexibility index (Phi) is 5.62. The van der Waals surface area contributed by atoms with E-state index in [2.05, 4.69) is 34.6 Å². The van der Waals surface area contributed by atoms with Crippen LogP contribution in [0.2, 0.25) is 0 Å². The molecule has 0 fully saturated rings. The first-order valence-electron chi connectivity index (χ1n) is 5.07. The van der Waals surface area contributed by atoms with Crippen molar-refractivity contribution in [1.82, 2.24) is 0 Å². The average molecular weight is 156 g/mol. The van der Waals surface area contributed by atoms with Crippen LogP contribution in [0.1, 0.15) is 53.9 Å². The molecule has 0 aromatic carbocycles. The van der Waals surface area contributed by atoms with Gasteiger partial charge in [-0.15, -0.1) is 0 Å². The van der Waals surface area contributed by atoms with Crippen molar-refractivity contribution in [3.05, 3.63) is 0 Å². The van der Waals surface area contributed by atoms with E-state index >= 15 is 0 Å². The van der Waals surface area contributed by atoms with E-state index in [1.807, 2.05) is 0 Å². The lowest BCUT2D eigenvalue weighted by molar-refractivity contribution is 0.347. The molecule has 0 radical (unpaired) electrons. The van der Waals surface area contributed by atoms with Crippen molar-refractivity contribution < 1.29 is 0 Å². The molecule has 0 saturated carbocycles. The molecule has 0 heterocycles. The van der Waals surface area contributed by atoms with Crippen molar-refractivity contribution in [3.63, 3.8) is 0 Å². The highest BCUT2D eigenvalue weighted by Gasteiger charge is 2.08. The second-order valence-corrected chi connectivity index (χ2v) is 4.31. The molecule has 11 heavy (non-hydrogen) atoms. The van der Waals surface area contributed by atoms with Crippen LogP contribution >= 0.6 is 0 Å². The van der Waals surface area contributed by atoms with Gasteiger partial charge in [-0.25, -0.2) is 0 Å². The van der Waals surface area contributed by atoms with Crippen molar-refractivity contribution in [2.75, 3.05) is 0 Å². The van der Waals surface area contributed by atoms with E-state index in [-0.39, 0.29) is 0 Å². The summed E-state index contributed by atoms with van der Waals surface area (Å²) in [6.45, 7) is 11.6. The number of rotatable bonds is 5. The summed E-state index contributed by atoms with van der Waals surface area (Å²) in [5.74, 6) is 2.69. The zero-order valence-electron chi connectivity index (χ0n) is 8.85. The molecule has 0 nitrogen and oxygen atoms in total. The summed E-state index contributed by atoms with van der Waals surface area (Å²) in [5.41, 5.74) is 0. The second kappa shape index (κ2) is 5.62. The molecule has 0 N–H and O–H groups in total. The maximum Gasteiger partial charge on any atom is -0.0420 e. The Morgan fingerprint density at radius 3 is 1.82 bits per heavy atom. The van der Waals surface area contributed by atoms with Crippen LogP contribution < -0.4 is 0 Å². The van der Waals surface area contributed by atoms with Gasteiger partial charge in [0.25, 0.3) is 0 Å². The molecule has 68 valence electrons. The fourth-order valence-corrected chi connectivity index (χ4v) is 1.08. The molecule has 2 unspecified atom stereocenters. The first-order valence-corrected chi connectivity index (χ1v) is 5.07. The van der Waals surface area contributed by atoms with Crippen molar-refractivity contribution >= 4 is 0 Å². The molecule has 0 aromatic rings. The lowest BCUT2D eigenvalue weighted by Gasteiger charge is -2.17. The van der Waals surface area contributed by atoms with Gasteiger partial charge in [-0.3, -0.25) is 0 Å². The zero-order valence-corrected chi connectivity index (χ0v) is 8.85. The zero-order chi connectivity index (χ0) is 8.85. The van der Waals surface area contributed by atoms with Crippen LogP contribution in [0.4, 0.5) is 0 Å². The summed E-state index contributed by atoms with van der Waals surface area (Å²) in [6.07, 6.45) is 4.16. The number of hydrogen-bond acceptors (Lipinski definition) is 0. The Labute approximate surface area is 72.4 Å². The highest BCUT2D eigenvalue weighted by Crippen LogP contribution is 2.20. The monoisotopic (exact) mass is 156 g/mol. The van der Waals surface area contributed by atoms with Gasteiger partial charge in [-0.05, 0) is 17.8 Å². The summed E-state index contributed by atoms with van der Waals surface area (Å²) >= 11 is 0. The molecule has 0 saturated heterocycles. The van der Waals surface area contributed by atoms with Gasteiger partial charge in [-0.2, -0.15) is 0 Å². The van der Waals surface area contributed by atoms with Crippen molar-refractivity contribution in [1.29, 1.82) is 0 Å². The molecule has 0 heteroatoms. The van der Waals surface area contributed by atoms with Gasteiger partial charge in [0, 0.05) is 0 Å². The minimum absolute atomic E-state index is 0.860. The van der Waals surface area contributed by atoms with Crippen LogP contribution in [-0.2, 0) is 0 Å². The Morgan fingerprint density at radius 1 is 0.909 bits per heavy atom. The molecule has 0 amide bonds. The first-order chi connectivity index (χ1) is 5.07. The normalized spacial score (nSPS) is 16.9. The molecular weight excluding hydrogens is 132 g/mol. The fraction of sp³-hybridized carbons (Fsp3) is 1.00. The topological polar surface area (TPSA) is 0 Å². The summed E-state index contributed by atoms with van der Waals surface area (Å²) in [5, 5.41) is 0. The van der Waals surface area contributed by atoms with Crippen LogP contribution in [0.25, 0.3) is 0 Å². The average Bonchev–Trinajstić information content (AvgIpc) is 1.99. The van der Waals surface area contributed by atoms with Crippen molar-refractivity contribution in [2.24, 2.45) is 17.8 Å². The largest absolute Gasteiger partial charge is 0.0651 e. The maximum atomic E-state index is 2.37. The number of hydrogen-bond donors (Lipinski definition) is 0. The van der Waals surface area contributed by atoms with Crippen LogP contribution in [0.3, 0.4) is 0 Å². The van der Waals surface area contributed by atoms with E-state index in [4.69, 9.17) is 0 Å². The molecule has 2 atom stereocenters. The van der Waals surface area contributed by atoms with Crippen molar-refractivity contribution in [2.45, 2.75) is 53.9 Å². The Morgan fingerprint density at radius 2 is 1.45 bits per heavy atom. The first kappa shape index (κ1) is 11.0. The van der Waals surface area contributed by atoms with E-state index in [9.17, 15) is 0 Å². The van der Waals surface area contributed by atoms with Crippen LogP contribution in [0, 0.1) is 17.8 Å². The highest BCUT2D eigenvalue weighted by atomic mass is 14.1. The molecule has 0 rings (SSSR count). The van der Waals surface area contributed by atoms with Crippen LogP contribution in [0.5, 0.6) is 0 Å². The Balaban J connectivity index is 3.37. The van der Waals surface area contributed by atoms with E-state index in [1.165, 1.54) is 19.3 Å². The summed E-state index contributed by atoms with van der Waals surface area (Å²) < 4.78 is 0. The van der Waals surface area contributed by atoms with Crippen LogP contribution in [0.15, 0.2) is 0 Å². The predicted molar refractivity (Wildman–Crippen MR) is 52.7 cm³/mol. The Bertz CT molecular complexity index is 84.0. The molecule has 0 aliphatic heterocycles. The lowest BCUT2D eigenvalue weighted by Crippen LogP contribution is -2.05. The van der Waals surface area contributed by atoms with Gasteiger partial charge in [0.2, 0.25) is 0 Å². The van der Waals surface area contributed by atoms with Gasteiger partial charge in [0.05, 0.1) is 0 Å². The van der Waals surface area contributed by atoms with Gasteiger partial charge in [0.1, 0.15) is 0 Å². The van der Waals surface area contributed by atoms with E-state index in [1.54, 1.807) is 0 Å². The molecule has 0 aromatic heterocycles. The Hall–Kier alpha value is 0. The van der Waals surface area contributed by atoms with E-state index in [0.717, 1.165) is 17.8 Å².